The third kappa shape index (κ3) is 2.43. The molecule has 18 heavy (non-hydrogen) atoms. The molecule has 0 saturated carbocycles. The van der Waals surface area contributed by atoms with Crippen LogP contribution in [0.2, 0.25) is 0 Å². The quantitative estimate of drug-likeness (QED) is 0.808. The number of aromatic nitrogens is 2. The molecule has 1 fully saturated rings. The monoisotopic (exact) mass is 250 g/mol. The molecule has 0 aromatic carbocycles. The second-order valence-corrected chi connectivity index (χ2v) is 4.60. The molecule has 1 aromatic heterocycles. The van der Waals surface area contributed by atoms with Crippen molar-refractivity contribution in [2.75, 3.05) is 31.6 Å². The predicted octanol–water partition coefficient (Wildman–Crippen LogP) is 0.126. The number of morpholine rings is 1. The van der Waals surface area contributed by atoms with E-state index >= 15 is 0 Å². The smallest absolute Gasteiger partial charge is 0.253 e. The predicted molar refractivity (Wildman–Crippen MR) is 67.4 cm³/mol. The van der Waals surface area contributed by atoms with Gasteiger partial charge in [-0.25, -0.2) is 9.97 Å². The number of nitrogens with zero attached hydrogens (tertiary/aromatic N) is 3. The molecule has 1 aliphatic rings. The van der Waals surface area contributed by atoms with Gasteiger partial charge in [-0.15, -0.1) is 0 Å². The van der Waals surface area contributed by atoms with Gasteiger partial charge < -0.3 is 15.0 Å². The Morgan fingerprint density at radius 2 is 2.33 bits per heavy atom. The second kappa shape index (κ2) is 4.89. The van der Waals surface area contributed by atoms with E-state index in [-0.39, 0.29) is 5.91 Å². The van der Waals surface area contributed by atoms with Crippen LogP contribution < -0.4 is 10.2 Å². The molecular weight excluding hydrogens is 232 g/mol. The normalized spacial score (nSPS) is 23.8. The number of carbonyl (C=O) groups excluding carboxylic acids is 1. The minimum absolute atomic E-state index is 0.113. The van der Waals surface area contributed by atoms with E-state index in [0.29, 0.717) is 13.2 Å². The molecule has 98 valence electrons. The molecule has 0 spiro atoms. The Labute approximate surface area is 106 Å². The largest absolute Gasteiger partial charge is 0.362 e. The molecule has 1 amide bonds. The van der Waals surface area contributed by atoms with Crippen molar-refractivity contribution in [3.05, 3.63) is 18.1 Å². The van der Waals surface area contributed by atoms with Crippen molar-refractivity contribution in [1.29, 1.82) is 0 Å². The lowest BCUT2D eigenvalue weighted by atomic mass is 10.0. The molecule has 1 saturated heterocycles. The highest BCUT2D eigenvalue weighted by Crippen LogP contribution is 2.22. The second-order valence-electron chi connectivity index (χ2n) is 4.60. The first kappa shape index (κ1) is 12.8. The van der Waals surface area contributed by atoms with Crippen LogP contribution in [0.25, 0.3) is 0 Å². The van der Waals surface area contributed by atoms with Gasteiger partial charge in [-0.2, -0.15) is 0 Å². The van der Waals surface area contributed by atoms with Gasteiger partial charge in [0, 0.05) is 25.4 Å². The summed E-state index contributed by atoms with van der Waals surface area (Å²) in [5, 5.41) is 2.64. The standard InChI is InChI=1S/C12H18N4O2/c1-9-6-10(15-8-14-9)16-4-5-18-12(2,7-16)11(17)13-3/h6,8H,4-5,7H2,1-3H3,(H,13,17)/t12-/m1/s1. The van der Waals surface area contributed by atoms with Crippen LogP contribution in [0.15, 0.2) is 12.4 Å². The number of nitrogens with one attached hydrogen (secondary N) is 1. The molecule has 0 bridgehead atoms. The van der Waals surface area contributed by atoms with E-state index in [1.54, 1.807) is 14.0 Å². The van der Waals surface area contributed by atoms with E-state index in [1.165, 1.54) is 6.33 Å². The van der Waals surface area contributed by atoms with Gasteiger partial charge in [-0.1, -0.05) is 0 Å². The van der Waals surface area contributed by atoms with Crippen molar-refractivity contribution in [2.24, 2.45) is 0 Å². The van der Waals surface area contributed by atoms with Crippen LogP contribution in [0.1, 0.15) is 12.6 Å². The molecule has 2 rings (SSSR count). The minimum Gasteiger partial charge on any atom is -0.362 e. The number of ether oxygens (including phenoxy) is 1. The zero-order chi connectivity index (χ0) is 13.2. The highest BCUT2D eigenvalue weighted by Gasteiger charge is 2.39. The van der Waals surface area contributed by atoms with Crippen LogP contribution >= 0.6 is 0 Å². The molecule has 1 aromatic rings. The van der Waals surface area contributed by atoms with Crippen LogP contribution in [-0.4, -0.2) is 48.2 Å². The Kier molecular flexibility index (Phi) is 3.47. The average Bonchev–Trinajstić information content (AvgIpc) is 2.38. The van der Waals surface area contributed by atoms with Gasteiger partial charge in [-0.3, -0.25) is 4.79 Å². The maximum Gasteiger partial charge on any atom is 0.253 e. The summed E-state index contributed by atoms with van der Waals surface area (Å²) in [7, 11) is 1.62. The number of rotatable bonds is 2. The van der Waals surface area contributed by atoms with Crippen molar-refractivity contribution in [1.82, 2.24) is 15.3 Å². The van der Waals surface area contributed by atoms with Gasteiger partial charge in [-0.05, 0) is 13.8 Å². The topological polar surface area (TPSA) is 67.4 Å². The molecule has 6 nitrogen and oxygen atoms in total. The summed E-state index contributed by atoms with van der Waals surface area (Å²) >= 11 is 0. The van der Waals surface area contributed by atoms with Gasteiger partial charge in [0.2, 0.25) is 0 Å². The van der Waals surface area contributed by atoms with Gasteiger partial charge >= 0.3 is 0 Å². The molecule has 1 N–H and O–H groups in total. The first-order valence-corrected chi connectivity index (χ1v) is 5.95. The minimum atomic E-state index is -0.828. The molecule has 0 unspecified atom stereocenters. The lowest BCUT2D eigenvalue weighted by molar-refractivity contribution is -0.145. The Morgan fingerprint density at radius 1 is 1.56 bits per heavy atom. The van der Waals surface area contributed by atoms with E-state index in [2.05, 4.69) is 15.3 Å². The van der Waals surface area contributed by atoms with Crippen LogP contribution in [0.5, 0.6) is 0 Å². The lowest BCUT2D eigenvalue weighted by Crippen LogP contribution is -2.58. The molecule has 0 radical (unpaired) electrons. The Morgan fingerprint density at radius 3 is 3.00 bits per heavy atom. The Balaban J connectivity index is 2.19. The molecular formula is C12H18N4O2. The number of hydrogen-bond donors (Lipinski definition) is 1. The first-order valence-electron chi connectivity index (χ1n) is 5.95. The summed E-state index contributed by atoms with van der Waals surface area (Å²) in [6, 6.07) is 1.91. The van der Waals surface area contributed by atoms with Crippen LogP contribution in [0, 0.1) is 6.92 Å². The van der Waals surface area contributed by atoms with Crippen LogP contribution in [0.4, 0.5) is 5.82 Å². The van der Waals surface area contributed by atoms with E-state index in [9.17, 15) is 4.79 Å². The molecule has 1 aliphatic heterocycles. The fourth-order valence-electron chi connectivity index (χ4n) is 2.08. The SMILES string of the molecule is CNC(=O)[C@@]1(C)CN(c2cc(C)ncn2)CCO1. The molecule has 1 atom stereocenters. The summed E-state index contributed by atoms with van der Waals surface area (Å²) < 4.78 is 5.60. The summed E-state index contributed by atoms with van der Waals surface area (Å²) in [5.41, 5.74) is 0.0828. The third-order valence-corrected chi connectivity index (χ3v) is 3.10. The van der Waals surface area contributed by atoms with E-state index in [4.69, 9.17) is 4.74 Å². The fraction of sp³-hybridized carbons (Fsp3) is 0.583. The number of hydrogen-bond acceptors (Lipinski definition) is 5. The van der Waals surface area contributed by atoms with E-state index < -0.39 is 5.60 Å². The number of carbonyl (C=O) groups is 1. The van der Waals surface area contributed by atoms with Crippen LogP contribution in [-0.2, 0) is 9.53 Å². The number of anilines is 1. The Hall–Kier alpha value is -1.69. The van der Waals surface area contributed by atoms with Gasteiger partial charge in [0.05, 0.1) is 13.2 Å². The summed E-state index contributed by atoms with van der Waals surface area (Å²) in [5.74, 6) is 0.721. The number of likely N-dealkylation sites (N-methyl/N-ethyl adjacent to an activating group) is 1. The van der Waals surface area contributed by atoms with Crippen molar-refractivity contribution < 1.29 is 9.53 Å². The molecule has 2 heterocycles. The van der Waals surface area contributed by atoms with Crippen molar-refractivity contribution in [2.45, 2.75) is 19.4 Å². The average molecular weight is 250 g/mol. The third-order valence-electron chi connectivity index (χ3n) is 3.10. The summed E-state index contributed by atoms with van der Waals surface area (Å²) in [4.78, 5) is 22.2. The highest BCUT2D eigenvalue weighted by molar-refractivity contribution is 5.85. The zero-order valence-electron chi connectivity index (χ0n) is 10.9. The van der Waals surface area contributed by atoms with Crippen LogP contribution in [0.3, 0.4) is 0 Å². The maximum absolute atomic E-state index is 11.8. The highest BCUT2D eigenvalue weighted by atomic mass is 16.5. The summed E-state index contributed by atoms with van der Waals surface area (Å²) in [6.07, 6.45) is 1.54. The number of amides is 1. The summed E-state index contributed by atoms with van der Waals surface area (Å²) in [6.45, 7) is 5.44. The van der Waals surface area contributed by atoms with E-state index in [0.717, 1.165) is 18.1 Å². The fourth-order valence-corrected chi connectivity index (χ4v) is 2.08. The first-order chi connectivity index (χ1) is 8.55. The zero-order valence-corrected chi connectivity index (χ0v) is 10.9. The lowest BCUT2D eigenvalue weighted by Gasteiger charge is -2.39. The number of aryl methyl sites for hydroxylation is 1. The van der Waals surface area contributed by atoms with Crippen molar-refractivity contribution in [3.63, 3.8) is 0 Å². The maximum atomic E-state index is 11.8. The van der Waals surface area contributed by atoms with Gasteiger partial charge in [0.15, 0.2) is 5.60 Å². The molecule has 0 aliphatic carbocycles. The van der Waals surface area contributed by atoms with Gasteiger partial charge in [0.25, 0.3) is 5.91 Å². The van der Waals surface area contributed by atoms with E-state index in [1.807, 2.05) is 17.9 Å². The molecule has 6 heteroatoms. The van der Waals surface area contributed by atoms with Crippen molar-refractivity contribution in [3.8, 4) is 0 Å². The van der Waals surface area contributed by atoms with Gasteiger partial charge in [0.1, 0.15) is 12.1 Å². The van der Waals surface area contributed by atoms with Crippen molar-refractivity contribution >= 4 is 11.7 Å². The Bertz CT molecular complexity index is 451.